The first-order valence-electron chi connectivity index (χ1n) is 12.9. The number of rotatable bonds is 8. The van der Waals surface area contributed by atoms with Crippen LogP contribution in [0.3, 0.4) is 0 Å². The van der Waals surface area contributed by atoms with E-state index in [9.17, 15) is 0 Å². The van der Waals surface area contributed by atoms with E-state index >= 15 is 0 Å². The molecule has 0 heterocycles. The van der Waals surface area contributed by atoms with Crippen LogP contribution in [0.1, 0.15) is 0 Å². The van der Waals surface area contributed by atoms with E-state index in [0.717, 1.165) is 33.8 Å². The van der Waals surface area contributed by atoms with Crippen molar-refractivity contribution in [2.45, 2.75) is 0 Å². The molecule has 0 aromatic heterocycles. The predicted octanol–water partition coefficient (Wildman–Crippen LogP) is 10.4. The summed E-state index contributed by atoms with van der Waals surface area (Å²) in [5.41, 5.74) is 4.19. The topological polar surface area (TPSA) is 27.7 Å². The van der Waals surface area contributed by atoms with E-state index in [1.165, 1.54) is 0 Å². The van der Waals surface area contributed by atoms with Gasteiger partial charge in [-0.05, 0) is 47.5 Å². The van der Waals surface area contributed by atoms with Crippen molar-refractivity contribution in [3.05, 3.63) is 158 Å². The zero-order valence-corrected chi connectivity index (χ0v) is 21.2. The Labute approximate surface area is 228 Å². The lowest BCUT2D eigenvalue weighted by molar-refractivity contribution is 0.395. The van der Waals surface area contributed by atoms with Gasteiger partial charge in [0.25, 0.3) is 0 Å². The quantitative estimate of drug-likeness (QED) is 0.205. The number of ether oxygens (including phenoxy) is 3. The van der Waals surface area contributed by atoms with Gasteiger partial charge in [-0.3, -0.25) is 0 Å². The Bertz CT molecular complexity index is 1550. The van der Waals surface area contributed by atoms with Gasteiger partial charge in [-0.15, -0.1) is 0 Å². The van der Waals surface area contributed by atoms with Crippen LogP contribution in [0.5, 0.6) is 34.5 Å². The van der Waals surface area contributed by atoms with Crippen molar-refractivity contribution >= 4 is 0 Å². The van der Waals surface area contributed by atoms with Crippen LogP contribution in [0.15, 0.2) is 158 Å². The van der Waals surface area contributed by atoms with Crippen LogP contribution in [0, 0.1) is 0 Å². The highest BCUT2D eigenvalue weighted by molar-refractivity contribution is 5.72. The Balaban J connectivity index is 1.30. The average molecular weight is 507 g/mol. The minimum Gasteiger partial charge on any atom is -0.453 e. The molecule has 6 aromatic carbocycles. The van der Waals surface area contributed by atoms with E-state index in [1.807, 2.05) is 121 Å². The second-order valence-electron chi connectivity index (χ2n) is 8.92. The van der Waals surface area contributed by atoms with Crippen molar-refractivity contribution < 1.29 is 14.2 Å². The minimum atomic E-state index is 0.591. The molecule has 0 atom stereocenters. The maximum atomic E-state index is 6.44. The van der Waals surface area contributed by atoms with Crippen LogP contribution in [-0.2, 0) is 0 Å². The predicted molar refractivity (Wildman–Crippen MR) is 157 cm³/mol. The molecule has 0 spiro atoms. The first-order chi connectivity index (χ1) is 19.3. The summed E-state index contributed by atoms with van der Waals surface area (Å²) in [4.78, 5) is 0. The molecule has 6 rings (SSSR count). The van der Waals surface area contributed by atoms with Crippen LogP contribution < -0.4 is 14.2 Å². The van der Waals surface area contributed by atoms with E-state index in [0.29, 0.717) is 23.0 Å². The Kier molecular flexibility index (Phi) is 7.04. The highest BCUT2D eigenvalue weighted by Gasteiger charge is 2.15. The third kappa shape index (κ3) is 5.53. The van der Waals surface area contributed by atoms with E-state index in [1.54, 1.807) is 0 Å². The standard InChI is InChI=1S/C36H26O3/c1-3-15-27(16-4-1)29-19-7-9-21-31(29)37-33-23-11-13-25-35(33)39-36-26-14-12-24-34(36)38-32-22-10-8-20-30(32)28-17-5-2-6-18-28/h1-26H. The Morgan fingerprint density at radius 2 is 0.487 bits per heavy atom. The largest absolute Gasteiger partial charge is 0.453 e. The van der Waals surface area contributed by atoms with Gasteiger partial charge in [0.05, 0.1) is 0 Å². The van der Waals surface area contributed by atoms with E-state index < -0.39 is 0 Å². The normalized spacial score (nSPS) is 10.6. The van der Waals surface area contributed by atoms with Crippen LogP contribution in [-0.4, -0.2) is 0 Å². The number of hydrogen-bond acceptors (Lipinski definition) is 3. The fourth-order valence-electron chi connectivity index (χ4n) is 4.42. The lowest BCUT2D eigenvalue weighted by Gasteiger charge is -2.17. The Morgan fingerprint density at radius 3 is 0.846 bits per heavy atom. The molecule has 0 aliphatic heterocycles. The average Bonchev–Trinajstić information content (AvgIpc) is 3.00. The highest BCUT2D eigenvalue weighted by atomic mass is 16.5. The molecule has 0 bridgehead atoms. The zero-order chi connectivity index (χ0) is 26.3. The summed E-state index contributed by atoms with van der Waals surface area (Å²) < 4.78 is 19.3. The summed E-state index contributed by atoms with van der Waals surface area (Å²) in [5.74, 6) is 3.91. The van der Waals surface area contributed by atoms with E-state index in [4.69, 9.17) is 14.2 Å². The molecule has 188 valence electrons. The van der Waals surface area contributed by atoms with Crippen molar-refractivity contribution in [1.82, 2.24) is 0 Å². The third-order valence-electron chi connectivity index (χ3n) is 6.30. The summed E-state index contributed by atoms with van der Waals surface area (Å²) in [6, 6.07) is 51.8. The van der Waals surface area contributed by atoms with Crippen molar-refractivity contribution in [2.75, 3.05) is 0 Å². The number of para-hydroxylation sites is 6. The Hall–Kier alpha value is -5.28. The molecule has 0 saturated heterocycles. The van der Waals surface area contributed by atoms with Crippen LogP contribution in [0.25, 0.3) is 22.3 Å². The maximum absolute atomic E-state index is 6.44. The summed E-state index contributed by atoms with van der Waals surface area (Å²) in [5, 5.41) is 0. The maximum Gasteiger partial charge on any atom is 0.170 e. The van der Waals surface area contributed by atoms with Gasteiger partial charge in [-0.2, -0.15) is 0 Å². The molecule has 0 fully saturated rings. The fraction of sp³-hybridized carbons (Fsp3) is 0. The fourth-order valence-corrected chi connectivity index (χ4v) is 4.42. The van der Waals surface area contributed by atoms with Gasteiger partial charge in [0.1, 0.15) is 11.5 Å². The third-order valence-corrected chi connectivity index (χ3v) is 6.30. The molecular weight excluding hydrogens is 480 g/mol. The highest BCUT2D eigenvalue weighted by Crippen LogP contribution is 2.42. The van der Waals surface area contributed by atoms with Gasteiger partial charge in [-0.1, -0.05) is 121 Å². The molecule has 0 N–H and O–H groups in total. The van der Waals surface area contributed by atoms with Gasteiger partial charge >= 0.3 is 0 Å². The second kappa shape index (κ2) is 11.4. The number of hydrogen-bond donors (Lipinski definition) is 0. The van der Waals surface area contributed by atoms with Crippen molar-refractivity contribution in [3.8, 4) is 56.8 Å². The molecule has 39 heavy (non-hydrogen) atoms. The smallest absolute Gasteiger partial charge is 0.170 e. The monoisotopic (exact) mass is 506 g/mol. The van der Waals surface area contributed by atoms with Crippen molar-refractivity contribution in [1.29, 1.82) is 0 Å². The molecule has 0 radical (unpaired) electrons. The van der Waals surface area contributed by atoms with E-state index in [-0.39, 0.29) is 0 Å². The lowest BCUT2D eigenvalue weighted by atomic mass is 10.0. The van der Waals surface area contributed by atoms with Gasteiger partial charge < -0.3 is 14.2 Å². The van der Waals surface area contributed by atoms with Crippen LogP contribution in [0.4, 0.5) is 0 Å². The van der Waals surface area contributed by atoms with E-state index in [2.05, 4.69) is 36.4 Å². The molecular formula is C36H26O3. The molecule has 3 nitrogen and oxygen atoms in total. The van der Waals surface area contributed by atoms with Crippen LogP contribution >= 0.6 is 0 Å². The molecule has 0 aliphatic carbocycles. The number of benzene rings is 6. The van der Waals surface area contributed by atoms with Gasteiger partial charge in [0.2, 0.25) is 0 Å². The van der Waals surface area contributed by atoms with Gasteiger partial charge in [0, 0.05) is 11.1 Å². The summed E-state index contributed by atoms with van der Waals surface area (Å²) in [6.45, 7) is 0. The minimum absolute atomic E-state index is 0.591. The SMILES string of the molecule is c1ccc(-c2ccccc2Oc2ccccc2Oc2ccccc2Oc2ccccc2-c2ccccc2)cc1. The summed E-state index contributed by atoms with van der Waals surface area (Å²) in [6.07, 6.45) is 0. The van der Waals surface area contributed by atoms with Crippen LogP contribution in [0.2, 0.25) is 0 Å². The second-order valence-corrected chi connectivity index (χ2v) is 8.92. The molecule has 6 aromatic rings. The first kappa shape index (κ1) is 24.1. The molecule has 0 saturated carbocycles. The van der Waals surface area contributed by atoms with Gasteiger partial charge in [-0.25, -0.2) is 0 Å². The molecule has 0 amide bonds. The summed E-state index contributed by atoms with van der Waals surface area (Å²) in [7, 11) is 0. The molecule has 3 heteroatoms. The first-order valence-corrected chi connectivity index (χ1v) is 12.9. The molecule has 0 unspecified atom stereocenters. The zero-order valence-electron chi connectivity index (χ0n) is 21.2. The van der Waals surface area contributed by atoms with Crippen molar-refractivity contribution in [3.63, 3.8) is 0 Å². The lowest BCUT2D eigenvalue weighted by Crippen LogP contribution is -1.94. The Morgan fingerprint density at radius 1 is 0.231 bits per heavy atom. The summed E-state index contributed by atoms with van der Waals surface area (Å²) >= 11 is 0. The molecule has 0 aliphatic rings. The van der Waals surface area contributed by atoms with Crippen molar-refractivity contribution in [2.24, 2.45) is 0 Å². The van der Waals surface area contributed by atoms with Gasteiger partial charge in [0.15, 0.2) is 23.0 Å².